The average molecular weight is 154 g/mol. The SMILES string of the molecule is CCCC1CN2CCN1CC2. The van der Waals surface area contributed by atoms with Crippen molar-refractivity contribution in [1.82, 2.24) is 9.80 Å². The van der Waals surface area contributed by atoms with Gasteiger partial charge in [-0.15, -0.1) is 0 Å². The molecule has 2 bridgehead atoms. The Bertz CT molecular complexity index is 128. The lowest BCUT2D eigenvalue weighted by molar-refractivity contribution is 0.00961. The lowest BCUT2D eigenvalue weighted by atomic mass is 10.0. The smallest absolute Gasteiger partial charge is 0.0224 e. The number of nitrogens with zero attached hydrogens (tertiary/aromatic N) is 2. The van der Waals surface area contributed by atoms with Gasteiger partial charge in [0.25, 0.3) is 0 Å². The molecule has 1 unspecified atom stereocenters. The average Bonchev–Trinajstić information content (AvgIpc) is 2.07. The van der Waals surface area contributed by atoms with Gasteiger partial charge in [0.05, 0.1) is 0 Å². The molecule has 2 heteroatoms. The molecule has 0 amide bonds. The Morgan fingerprint density at radius 2 is 1.91 bits per heavy atom. The van der Waals surface area contributed by atoms with Crippen LogP contribution in [0.3, 0.4) is 0 Å². The first-order chi connectivity index (χ1) is 5.40. The molecule has 3 aliphatic rings. The monoisotopic (exact) mass is 154 g/mol. The van der Waals surface area contributed by atoms with Crippen LogP contribution in [-0.4, -0.2) is 48.6 Å². The van der Waals surface area contributed by atoms with Crippen molar-refractivity contribution in [1.29, 1.82) is 0 Å². The molecule has 0 aliphatic carbocycles. The molecule has 3 saturated heterocycles. The maximum atomic E-state index is 2.67. The van der Waals surface area contributed by atoms with Gasteiger partial charge in [-0.3, -0.25) is 9.80 Å². The van der Waals surface area contributed by atoms with Crippen LogP contribution in [0.15, 0.2) is 0 Å². The van der Waals surface area contributed by atoms with Crippen molar-refractivity contribution in [3.05, 3.63) is 0 Å². The van der Waals surface area contributed by atoms with Crippen molar-refractivity contribution < 1.29 is 0 Å². The zero-order valence-corrected chi connectivity index (χ0v) is 7.42. The summed E-state index contributed by atoms with van der Waals surface area (Å²) in [4.78, 5) is 5.28. The second-order valence-electron chi connectivity index (χ2n) is 3.78. The summed E-state index contributed by atoms with van der Waals surface area (Å²) in [5.41, 5.74) is 0. The van der Waals surface area contributed by atoms with Crippen LogP contribution in [0.5, 0.6) is 0 Å². The highest BCUT2D eigenvalue weighted by atomic mass is 15.3. The van der Waals surface area contributed by atoms with Gasteiger partial charge in [0.15, 0.2) is 0 Å². The number of hydrogen-bond donors (Lipinski definition) is 0. The van der Waals surface area contributed by atoms with Gasteiger partial charge in [0, 0.05) is 38.8 Å². The van der Waals surface area contributed by atoms with E-state index in [2.05, 4.69) is 16.7 Å². The van der Waals surface area contributed by atoms with Crippen LogP contribution in [0.1, 0.15) is 19.8 Å². The molecule has 0 radical (unpaired) electrons. The summed E-state index contributed by atoms with van der Waals surface area (Å²) in [6.45, 7) is 8.92. The minimum atomic E-state index is 0.891. The molecule has 0 saturated carbocycles. The molecular formula is C9H18N2. The number of fused-ring (bicyclic) bond motifs is 3. The molecule has 3 fully saturated rings. The quantitative estimate of drug-likeness (QED) is 0.580. The van der Waals surface area contributed by atoms with Crippen LogP contribution >= 0.6 is 0 Å². The van der Waals surface area contributed by atoms with Crippen LogP contribution in [0.4, 0.5) is 0 Å². The molecule has 3 aliphatic heterocycles. The van der Waals surface area contributed by atoms with Crippen LogP contribution in [0.25, 0.3) is 0 Å². The molecule has 0 N–H and O–H groups in total. The predicted octanol–water partition coefficient (Wildman–Crippen LogP) is 0.786. The van der Waals surface area contributed by atoms with Gasteiger partial charge < -0.3 is 0 Å². The summed E-state index contributed by atoms with van der Waals surface area (Å²) in [6, 6.07) is 0.891. The zero-order chi connectivity index (χ0) is 7.68. The molecule has 3 heterocycles. The van der Waals surface area contributed by atoms with E-state index < -0.39 is 0 Å². The van der Waals surface area contributed by atoms with Crippen molar-refractivity contribution in [2.24, 2.45) is 0 Å². The Morgan fingerprint density at radius 1 is 1.18 bits per heavy atom. The zero-order valence-electron chi connectivity index (χ0n) is 7.42. The van der Waals surface area contributed by atoms with E-state index in [-0.39, 0.29) is 0 Å². The van der Waals surface area contributed by atoms with Gasteiger partial charge in [-0.25, -0.2) is 0 Å². The number of rotatable bonds is 2. The second kappa shape index (κ2) is 3.11. The minimum absolute atomic E-state index is 0.891. The fourth-order valence-corrected chi connectivity index (χ4v) is 2.33. The van der Waals surface area contributed by atoms with E-state index in [1.54, 1.807) is 0 Å². The van der Waals surface area contributed by atoms with E-state index in [1.165, 1.54) is 45.6 Å². The van der Waals surface area contributed by atoms with Gasteiger partial charge in [0.2, 0.25) is 0 Å². The molecule has 0 spiro atoms. The predicted molar refractivity (Wildman–Crippen MR) is 46.7 cm³/mol. The molecule has 64 valence electrons. The number of hydrogen-bond acceptors (Lipinski definition) is 2. The Labute approximate surface area is 69.2 Å². The topological polar surface area (TPSA) is 6.48 Å². The molecule has 3 rings (SSSR count). The van der Waals surface area contributed by atoms with Gasteiger partial charge in [-0.2, -0.15) is 0 Å². The molecule has 0 aromatic heterocycles. The van der Waals surface area contributed by atoms with Gasteiger partial charge in [0.1, 0.15) is 0 Å². The van der Waals surface area contributed by atoms with E-state index in [4.69, 9.17) is 0 Å². The van der Waals surface area contributed by atoms with Crippen molar-refractivity contribution in [2.45, 2.75) is 25.8 Å². The Morgan fingerprint density at radius 3 is 2.36 bits per heavy atom. The third kappa shape index (κ3) is 1.42. The van der Waals surface area contributed by atoms with Crippen LogP contribution in [0, 0.1) is 0 Å². The standard InChI is InChI=1S/C9H18N2/c1-2-3-9-8-10-4-6-11(9)7-5-10/h9H,2-8H2,1H3. The largest absolute Gasteiger partial charge is 0.299 e. The molecule has 0 aromatic carbocycles. The lowest BCUT2D eigenvalue weighted by Crippen LogP contribution is -2.60. The fraction of sp³-hybridized carbons (Fsp3) is 1.00. The highest BCUT2D eigenvalue weighted by Crippen LogP contribution is 2.18. The molecule has 1 atom stereocenters. The summed E-state index contributed by atoms with van der Waals surface area (Å²) in [6.07, 6.45) is 2.74. The Kier molecular flexibility index (Phi) is 2.14. The van der Waals surface area contributed by atoms with Crippen molar-refractivity contribution >= 4 is 0 Å². The minimum Gasteiger partial charge on any atom is -0.299 e. The first-order valence-corrected chi connectivity index (χ1v) is 4.86. The summed E-state index contributed by atoms with van der Waals surface area (Å²) in [7, 11) is 0. The Balaban J connectivity index is 1.92. The summed E-state index contributed by atoms with van der Waals surface area (Å²) < 4.78 is 0. The lowest BCUT2D eigenvalue weighted by Gasteiger charge is -2.47. The summed E-state index contributed by atoms with van der Waals surface area (Å²) in [5.74, 6) is 0. The number of piperazine rings is 3. The van der Waals surface area contributed by atoms with E-state index in [1.807, 2.05) is 0 Å². The van der Waals surface area contributed by atoms with Gasteiger partial charge in [-0.1, -0.05) is 13.3 Å². The molecule has 0 aromatic rings. The third-order valence-electron chi connectivity index (χ3n) is 3.01. The third-order valence-corrected chi connectivity index (χ3v) is 3.01. The fourth-order valence-electron chi connectivity index (χ4n) is 2.33. The second-order valence-corrected chi connectivity index (χ2v) is 3.78. The van der Waals surface area contributed by atoms with E-state index >= 15 is 0 Å². The maximum absolute atomic E-state index is 2.67. The van der Waals surface area contributed by atoms with Gasteiger partial charge in [-0.05, 0) is 6.42 Å². The van der Waals surface area contributed by atoms with E-state index in [0.29, 0.717) is 0 Å². The van der Waals surface area contributed by atoms with Gasteiger partial charge >= 0.3 is 0 Å². The van der Waals surface area contributed by atoms with Crippen molar-refractivity contribution in [2.75, 3.05) is 32.7 Å². The first-order valence-electron chi connectivity index (χ1n) is 4.86. The Hall–Kier alpha value is -0.0800. The van der Waals surface area contributed by atoms with Crippen molar-refractivity contribution in [3.63, 3.8) is 0 Å². The molecule has 2 nitrogen and oxygen atoms in total. The van der Waals surface area contributed by atoms with E-state index in [0.717, 1.165) is 6.04 Å². The summed E-state index contributed by atoms with van der Waals surface area (Å²) >= 11 is 0. The van der Waals surface area contributed by atoms with Crippen molar-refractivity contribution in [3.8, 4) is 0 Å². The molecule has 11 heavy (non-hydrogen) atoms. The van der Waals surface area contributed by atoms with E-state index in [9.17, 15) is 0 Å². The maximum Gasteiger partial charge on any atom is 0.0224 e. The van der Waals surface area contributed by atoms with Crippen LogP contribution in [-0.2, 0) is 0 Å². The van der Waals surface area contributed by atoms with Crippen LogP contribution < -0.4 is 0 Å². The van der Waals surface area contributed by atoms with Crippen LogP contribution in [0.2, 0.25) is 0 Å². The normalized spacial score (nSPS) is 42.8. The summed E-state index contributed by atoms with van der Waals surface area (Å²) in [5, 5.41) is 0. The molecular weight excluding hydrogens is 136 g/mol. The highest BCUT2D eigenvalue weighted by Gasteiger charge is 2.30. The highest BCUT2D eigenvalue weighted by molar-refractivity contribution is 4.87. The first kappa shape index (κ1) is 7.56.